The number of ketones is 1. The molecule has 2 rings (SSSR count). The van der Waals surface area contributed by atoms with E-state index in [1.54, 1.807) is 13.8 Å². The van der Waals surface area contributed by atoms with Crippen LogP contribution >= 0.6 is 0 Å². The molecule has 0 radical (unpaired) electrons. The van der Waals surface area contributed by atoms with E-state index < -0.39 is 106 Å². The summed E-state index contributed by atoms with van der Waals surface area (Å²) in [5.41, 5.74) is -7.07. The molecule has 0 heterocycles. The van der Waals surface area contributed by atoms with Crippen molar-refractivity contribution in [1.29, 1.82) is 0 Å². The number of allylic oxidation sites excluding steroid dienone is 1. The van der Waals surface area contributed by atoms with Crippen molar-refractivity contribution in [2.24, 2.45) is 17.3 Å². The van der Waals surface area contributed by atoms with E-state index in [9.17, 15) is 39.3 Å². The highest BCUT2D eigenvalue weighted by atomic mass is 17.1. The molecule has 1 fully saturated rings. The predicted octanol–water partition coefficient (Wildman–Crippen LogP) is 2.29. The van der Waals surface area contributed by atoms with E-state index in [-0.39, 0.29) is 12.0 Å². The van der Waals surface area contributed by atoms with Crippen LogP contribution in [0.2, 0.25) is 0 Å². The number of hydrogen-bond donors (Lipinski definition) is 4. The molecule has 268 valence electrons. The summed E-state index contributed by atoms with van der Waals surface area (Å²) in [5.74, 6) is -7.46. The van der Waals surface area contributed by atoms with Crippen LogP contribution in [0.25, 0.3) is 0 Å². The largest absolute Gasteiger partial charge is 0.458 e. The summed E-state index contributed by atoms with van der Waals surface area (Å²) in [6.07, 6.45) is -6.42. The number of carbonyl (C=O) groups excluding carboxylic acids is 5. The summed E-state index contributed by atoms with van der Waals surface area (Å²) in [4.78, 5) is 69.6. The second kappa shape index (κ2) is 15.2. The highest BCUT2D eigenvalue weighted by Crippen LogP contribution is 2.49. The van der Waals surface area contributed by atoms with E-state index in [4.69, 9.17) is 24.2 Å². The molecule has 0 spiro atoms. The van der Waals surface area contributed by atoms with E-state index in [0.717, 1.165) is 26.8 Å². The van der Waals surface area contributed by atoms with E-state index in [0.29, 0.717) is 0 Å². The van der Waals surface area contributed by atoms with Gasteiger partial charge < -0.3 is 34.3 Å². The second-order valence-electron chi connectivity index (χ2n) is 13.3. The summed E-state index contributed by atoms with van der Waals surface area (Å²) in [7, 11) is 0. The third-order valence-electron chi connectivity index (χ3n) is 8.94. The van der Waals surface area contributed by atoms with Gasteiger partial charge in [0, 0.05) is 24.8 Å². The summed E-state index contributed by atoms with van der Waals surface area (Å²) in [6, 6.07) is 0. The molecule has 0 aromatic heterocycles. The standard InChI is InChI=1S/C34H48O14/c1-12-16(2)29(38)46-25-17(3)15-34(42)23(25)24(37)19(5)26(47-30(39)18(4)20(6)48-43)27(44-21(7)35)28(45-22(8)36)32(9,10)13-14-33(11,41)31(34)40/h12-14,17,20,23-28,37,41-43H,4-5,15H2,1-3,6-11H3. The van der Waals surface area contributed by atoms with E-state index >= 15 is 0 Å². The van der Waals surface area contributed by atoms with Crippen LogP contribution in [0.3, 0.4) is 0 Å². The number of hydrogen-bond acceptors (Lipinski definition) is 14. The lowest BCUT2D eigenvalue weighted by molar-refractivity contribution is -0.264. The van der Waals surface area contributed by atoms with Crippen LogP contribution in [0.5, 0.6) is 0 Å². The van der Waals surface area contributed by atoms with Crippen LogP contribution < -0.4 is 0 Å². The van der Waals surface area contributed by atoms with Crippen molar-refractivity contribution in [2.45, 2.75) is 117 Å². The molecule has 0 amide bonds. The Bertz CT molecular complexity index is 1370. The Labute approximate surface area is 279 Å². The van der Waals surface area contributed by atoms with Gasteiger partial charge >= 0.3 is 23.9 Å². The fourth-order valence-electron chi connectivity index (χ4n) is 6.03. The SMILES string of the molecule is C=C(C(=O)OC1C(=C)C(O)C2C(OC(=O)C(C)=CC)C(C)CC2(O)C(=O)C(C)(O)C=CC(C)(C)C(OC(C)=O)C1OC(C)=O)C(C)OO. The topological polar surface area (TPSA) is 212 Å². The molecular formula is C34H48O14. The Morgan fingerprint density at radius 1 is 0.958 bits per heavy atom. The van der Waals surface area contributed by atoms with Gasteiger partial charge in [-0.3, -0.25) is 19.6 Å². The van der Waals surface area contributed by atoms with Gasteiger partial charge in [0.2, 0.25) is 0 Å². The first kappa shape index (κ1) is 40.5. The Hall–Kier alpha value is -3.69. The minimum absolute atomic E-state index is 0.187. The minimum Gasteiger partial charge on any atom is -0.458 e. The van der Waals surface area contributed by atoms with Crippen molar-refractivity contribution in [3.05, 3.63) is 48.1 Å². The van der Waals surface area contributed by atoms with Gasteiger partial charge in [0.15, 0.2) is 24.1 Å². The Balaban J connectivity index is 3.01. The number of ether oxygens (including phenoxy) is 4. The van der Waals surface area contributed by atoms with Crippen LogP contribution in [0.4, 0.5) is 0 Å². The van der Waals surface area contributed by atoms with Crippen molar-refractivity contribution in [1.82, 2.24) is 0 Å². The lowest BCUT2D eigenvalue weighted by Gasteiger charge is -2.44. The normalized spacial score (nSPS) is 34.5. The van der Waals surface area contributed by atoms with Crippen molar-refractivity contribution in [3.63, 3.8) is 0 Å². The van der Waals surface area contributed by atoms with Crippen LogP contribution in [0, 0.1) is 17.3 Å². The average molecular weight is 681 g/mol. The fourth-order valence-corrected chi connectivity index (χ4v) is 6.03. The molecule has 10 atom stereocenters. The summed E-state index contributed by atoms with van der Waals surface area (Å²) in [6.45, 7) is 19.6. The highest BCUT2D eigenvalue weighted by molar-refractivity contribution is 5.97. The molecule has 4 N–H and O–H groups in total. The number of Topliss-reactive ketones (excluding diaryl/α,β-unsaturated/α-hetero) is 1. The summed E-state index contributed by atoms with van der Waals surface area (Å²) < 4.78 is 22.7. The Morgan fingerprint density at radius 2 is 1.52 bits per heavy atom. The zero-order valence-corrected chi connectivity index (χ0v) is 28.8. The summed E-state index contributed by atoms with van der Waals surface area (Å²) >= 11 is 0. The van der Waals surface area contributed by atoms with Crippen LogP contribution in [0.1, 0.15) is 68.7 Å². The lowest BCUT2D eigenvalue weighted by Crippen LogP contribution is -2.60. The maximum absolute atomic E-state index is 14.1. The van der Waals surface area contributed by atoms with Crippen molar-refractivity contribution < 1.29 is 68.4 Å². The quantitative estimate of drug-likeness (QED) is 0.0724. The predicted molar refractivity (Wildman–Crippen MR) is 169 cm³/mol. The first-order valence-corrected chi connectivity index (χ1v) is 15.4. The van der Waals surface area contributed by atoms with Gasteiger partial charge in [0.05, 0.1) is 17.6 Å². The Kier molecular flexibility index (Phi) is 12.9. The molecule has 48 heavy (non-hydrogen) atoms. The van der Waals surface area contributed by atoms with E-state index in [2.05, 4.69) is 18.0 Å². The van der Waals surface area contributed by atoms with Crippen molar-refractivity contribution >= 4 is 29.7 Å². The molecule has 2 aliphatic carbocycles. The third kappa shape index (κ3) is 8.47. The molecule has 1 saturated carbocycles. The Morgan fingerprint density at radius 3 is 2.02 bits per heavy atom. The van der Waals surface area contributed by atoms with Crippen LogP contribution in [0.15, 0.2) is 48.1 Å². The van der Waals surface area contributed by atoms with Gasteiger partial charge in [0.25, 0.3) is 0 Å². The zero-order valence-electron chi connectivity index (χ0n) is 28.8. The molecule has 0 bridgehead atoms. The lowest BCUT2D eigenvalue weighted by atomic mass is 9.71. The first-order valence-electron chi connectivity index (χ1n) is 15.4. The van der Waals surface area contributed by atoms with Crippen molar-refractivity contribution in [2.75, 3.05) is 0 Å². The molecule has 2 aliphatic rings. The van der Waals surface area contributed by atoms with Gasteiger partial charge in [0.1, 0.15) is 23.4 Å². The molecule has 10 unspecified atom stereocenters. The number of aliphatic hydroxyl groups excluding tert-OH is 1. The second-order valence-corrected chi connectivity index (χ2v) is 13.3. The number of esters is 4. The van der Waals surface area contributed by atoms with E-state index in [1.807, 2.05) is 0 Å². The smallest absolute Gasteiger partial charge is 0.336 e. The van der Waals surface area contributed by atoms with Gasteiger partial charge in [-0.05, 0) is 51.7 Å². The first-order chi connectivity index (χ1) is 22.0. The maximum Gasteiger partial charge on any atom is 0.336 e. The van der Waals surface area contributed by atoms with Crippen LogP contribution in [-0.2, 0) is 47.8 Å². The van der Waals surface area contributed by atoms with Gasteiger partial charge in [-0.15, -0.1) is 0 Å². The molecular weight excluding hydrogens is 632 g/mol. The molecule has 0 aliphatic heterocycles. The zero-order chi connectivity index (χ0) is 37.1. The fraction of sp³-hybridized carbons (Fsp3) is 0.618. The average Bonchev–Trinajstić information content (AvgIpc) is 3.26. The van der Waals surface area contributed by atoms with Gasteiger partial charge in [-0.2, -0.15) is 0 Å². The molecule has 0 aromatic carbocycles. The highest BCUT2D eigenvalue weighted by Gasteiger charge is 2.64. The molecule has 14 nitrogen and oxygen atoms in total. The van der Waals surface area contributed by atoms with Crippen molar-refractivity contribution in [3.8, 4) is 0 Å². The number of carbonyl (C=O) groups is 5. The summed E-state index contributed by atoms with van der Waals surface area (Å²) in [5, 5.41) is 44.8. The number of fused-ring (bicyclic) bond motifs is 1. The van der Waals surface area contributed by atoms with Gasteiger partial charge in [-0.1, -0.05) is 46.1 Å². The van der Waals surface area contributed by atoms with Crippen LogP contribution in [-0.4, -0.2) is 98.1 Å². The van der Waals surface area contributed by atoms with E-state index in [1.165, 1.54) is 39.8 Å². The molecule has 14 heteroatoms. The number of aliphatic hydroxyl groups is 3. The minimum atomic E-state index is -2.56. The molecule has 0 saturated heterocycles. The van der Waals surface area contributed by atoms with Gasteiger partial charge in [-0.25, -0.2) is 14.5 Å². The monoisotopic (exact) mass is 680 g/mol. The maximum atomic E-state index is 14.1. The third-order valence-corrected chi connectivity index (χ3v) is 8.94. The number of rotatable bonds is 8. The molecule has 0 aromatic rings.